The Morgan fingerprint density at radius 3 is 2.44 bits per heavy atom. The predicted octanol–water partition coefficient (Wildman–Crippen LogP) is 2.44. The summed E-state index contributed by atoms with van der Waals surface area (Å²) < 4.78 is 1.43. The molecule has 0 fully saturated rings. The molecule has 0 bridgehead atoms. The van der Waals surface area contributed by atoms with E-state index in [1.54, 1.807) is 39.0 Å². The molecule has 0 unspecified atom stereocenters. The van der Waals surface area contributed by atoms with Gasteiger partial charge in [-0.05, 0) is 39.8 Å². The van der Waals surface area contributed by atoms with Crippen molar-refractivity contribution in [1.29, 1.82) is 0 Å². The van der Waals surface area contributed by atoms with Crippen LogP contribution in [-0.4, -0.2) is 25.7 Å². The number of amides is 1. The summed E-state index contributed by atoms with van der Waals surface area (Å²) in [5.74, 6) is 0.446. The molecule has 1 aromatic carbocycles. The van der Waals surface area contributed by atoms with Crippen molar-refractivity contribution in [3.05, 3.63) is 68.8 Å². The number of hydrogen-bond acceptors (Lipinski definition) is 4. The Bertz CT molecular complexity index is 999. The molecule has 128 valence electrons. The molecule has 2 aromatic heterocycles. The first-order valence-corrected chi connectivity index (χ1v) is 7.87. The first-order valence-electron chi connectivity index (χ1n) is 7.87. The second-order valence-corrected chi connectivity index (χ2v) is 6.00. The lowest BCUT2D eigenvalue weighted by Gasteiger charge is -2.09. The van der Waals surface area contributed by atoms with Crippen molar-refractivity contribution in [2.75, 3.05) is 5.32 Å². The van der Waals surface area contributed by atoms with Crippen LogP contribution in [0.15, 0.2) is 35.1 Å². The third kappa shape index (κ3) is 3.35. The Kier molecular flexibility index (Phi) is 4.22. The first kappa shape index (κ1) is 16.6. The van der Waals surface area contributed by atoms with Gasteiger partial charge in [-0.2, -0.15) is 9.78 Å². The second-order valence-electron chi connectivity index (χ2n) is 6.00. The predicted molar refractivity (Wildman–Crippen MR) is 95.3 cm³/mol. The molecule has 0 saturated heterocycles. The third-order valence-electron chi connectivity index (χ3n) is 3.97. The fraction of sp³-hybridized carbons (Fsp3) is 0.222. The second kappa shape index (κ2) is 6.35. The van der Waals surface area contributed by atoms with Gasteiger partial charge in [0.05, 0.1) is 5.69 Å². The summed E-state index contributed by atoms with van der Waals surface area (Å²) in [7, 11) is 0. The van der Waals surface area contributed by atoms with Gasteiger partial charge in [0.25, 0.3) is 11.5 Å². The van der Waals surface area contributed by atoms with Crippen molar-refractivity contribution in [2.24, 2.45) is 0 Å². The van der Waals surface area contributed by atoms with Gasteiger partial charge in [-0.1, -0.05) is 17.7 Å². The van der Waals surface area contributed by atoms with E-state index in [9.17, 15) is 9.59 Å². The molecule has 1 amide bonds. The summed E-state index contributed by atoms with van der Waals surface area (Å²) in [6.45, 7) is 7.23. The number of hydrogen-bond donors (Lipinski definition) is 2. The van der Waals surface area contributed by atoms with Crippen LogP contribution in [0.2, 0.25) is 0 Å². The molecule has 0 atom stereocenters. The van der Waals surface area contributed by atoms with E-state index in [4.69, 9.17) is 0 Å². The van der Waals surface area contributed by atoms with Gasteiger partial charge in [0.15, 0.2) is 0 Å². The van der Waals surface area contributed by atoms with E-state index >= 15 is 0 Å². The standard InChI is InChI=1S/C18H19N5O2/c1-10-5-7-14(8-6-10)17(25)20-15-9-11(2)22-23(15)18-19-13(4)12(3)16(24)21-18/h5-9H,1-4H3,(H,20,25)(H,19,21,24). The molecule has 3 rings (SSSR count). The summed E-state index contributed by atoms with van der Waals surface area (Å²) in [5, 5.41) is 7.14. The monoisotopic (exact) mass is 337 g/mol. The molecule has 0 saturated carbocycles. The fourth-order valence-corrected chi connectivity index (χ4v) is 2.37. The zero-order valence-corrected chi connectivity index (χ0v) is 14.5. The number of carbonyl (C=O) groups is 1. The smallest absolute Gasteiger partial charge is 0.256 e. The molecule has 0 aliphatic heterocycles. The highest BCUT2D eigenvalue weighted by molar-refractivity contribution is 6.03. The number of rotatable bonds is 3. The van der Waals surface area contributed by atoms with E-state index < -0.39 is 0 Å². The van der Waals surface area contributed by atoms with Gasteiger partial charge >= 0.3 is 0 Å². The van der Waals surface area contributed by atoms with Crippen molar-refractivity contribution >= 4 is 11.7 Å². The Labute approximate surface area is 144 Å². The molecule has 0 aliphatic carbocycles. The quantitative estimate of drug-likeness (QED) is 0.768. The average molecular weight is 337 g/mol. The van der Waals surface area contributed by atoms with E-state index in [2.05, 4.69) is 20.4 Å². The maximum absolute atomic E-state index is 12.5. The maximum Gasteiger partial charge on any atom is 0.256 e. The van der Waals surface area contributed by atoms with Crippen molar-refractivity contribution < 1.29 is 4.79 Å². The van der Waals surface area contributed by atoms with Gasteiger partial charge in [0, 0.05) is 22.9 Å². The summed E-state index contributed by atoms with van der Waals surface area (Å²) >= 11 is 0. The largest absolute Gasteiger partial charge is 0.306 e. The summed E-state index contributed by atoms with van der Waals surface area (Å²) in [4.78, 5) is 31.5. The van der Waals surface area contributed by atoms with Crippen LogP contribution in [0.3, 0.4) is 0 Å². The first-order chi connectivity index (χ1) is 11.8. The van der Waals surface area contributed by atoms with Crippen LogP contribution in [-0.2, 0) is 0 Å². The minimum atomic E-state index is -0.257. The van der Waals surface area contributed by atoms with Crippen molar-refractivity contribution in [2.45, 2.75) is 27.7 Å². The average Bonchev–Trinajstić information content (AvgIpc) is 2.93. The summed E-state index contributed by atoms with van der Waals surface area (Å²) in [6, 6.07) is 8.99. The minimum Gasteiger partial charge on any atom is -0.306 e. The molecule has 25 heavy (non-hydrogen) atoms. The fourth-order valence-electron chi connectivity index (χ4n) is 2.37. The highest BCUT2D eigenvalue weighted by Gasteiger charge is 2.15. The molecule has 2 heterocycles. The Morgan fingerprint density at radius 2 is 1.80 bits per heavy atom. The summed E-state index contributed by atoms with van der Waals surface area (Å²) in [5.41, 5.74) is 3.25. The number of nitrogens with zero attached hydrogens (tertiary/aromatic N) is 3. The van der Waals surface area contributed by atoms with E-state index in [-0.39, 0.29) is 17.4 Å². The number of benzene rings is 1. The van der Waals surface area contributed by atoms with E-state index in [0.717, 1.165) is 5.56 Å². The van der Waals surface area contributed by atoms with Crippen LogP contribution in [0, 0.1) is 27.7 Å². The van der Waals surface area contributed by atoms with E-state index in [1.165, 1.54) is 4.68 Å². The van der Waals surface area contributed by atoms with Crippen LogP contribution < -0.4 is 10.9 Å². The van der Waals surface area contributed by atoms with Gasteiger partial charge in [-0.25, -0.2) is 4.98 Å². The molecule has 7 heteroatoms. The number of carbonyl (C=O) groups excluding carboxylic acids is 1. The molecular weight excluding hydrogens is 318 g/mol. The molecular formula is C18H19N5O2. The van der Waals surface area contributed by atoms with Crippen LogP contribution in [0.25, 0.3) is 5.95 Å². The molecule has 0 aliphatic rings. The number of aryl methyl sites for hydroxylation is 3. The number of nitrogens with one attached hydrogen (secondary N) is 2. The van der Waals surface area contributed by atoms with Crippen LogP contribution in [0.5, 0.6) is 0 Å². The zero-order chi connectivity index (χ0) is 18.1. The number of H-pyrrole nitrogens is 1. The van der Waals surface area contributed by atoms with Crippen molar-refractivity contribution in [3.8, 4) is 5.95 Å². The van der Waals surface area contributed by atoms with Crippen LogP contribution >= 0.6 is 0 Å². The third-order valence-corrected chi connectivity index (χ3v) is 3.97. The van der Waals surface area contributed by atoms with Gasteiger partial charge < -0.3 is 5.32 Å². The van der Waals surface area contributed by atoms with Crippen molar-refractivity contribution in [3.63, 3.8) is 0 Å². The minimum absolute atomic E-state index is 0.230. The maximum atomic E-state index is 12.5. The lowest BCUT2D eigenvalue weighted by molar-refractivity contribution is 0.102. The SMILES string of the molecule is Cc1ccc(C(=O)Nc2cc(C)nn2-c2nc(C)c(C)c(=O)[nH]2)cc1. The number of anilines is 1. The van der Waals surface area contributed by atoms with Gasteiger partial charge in [-0.15, -0.1) is 0 Å². The molecule has 0 radical (unpaired) electrons. The lowest BCUT2D eigenvalue weighted by atomic mass is 10.1. The molecule has 3 aromatic rings. The number of aromatic nitrogens is 4. The summed E-state index contributed by atoms with van der Waals surface area (Å²) in [6.07, 6.45) is 0. The Hall–Kier alpha value is -3.22. The Morgan fingerprint density at radius 1 is 1.12 bits per heavy atom. The van der Waals surface area contributed by atoms with Gasteiger partial charge in [0.2, 0.25) is 5.95 Å². The highest BCUT2D eigenvalue weighted by Crippen LogP contribution is 2.16. The van der Waals surface area contributed by atoms with E-state index in [1.807, 2.05) is 19.1 Å². The van der Waals surface area contributed by atoms with Crippen LogP contribution in [0.1, 0.15) is 32.9 Å². The van der Waals surface area contributed by atoms with Crippen molar-refractivity contribution in [1.82, 2.24) is 19.7 Å². The van der Waals surface area contributed by atoms with Crippen LogP contribution in [0.4, 0.5) is 5.82 Å². The normalized spacial score (nSPS) is 10.7. The Balaban J connectivity index is 1.98. The highest BCUT2D eigenvalue weighted by atomic mass is 16.1. The molecule has 0 spiro atoms. The molecule has 7 nitrogen and oxygen atoms in total. The van der Waals surface area contributed by atoms with Gasteiger partial charge in [-0.3, -0.25) is 14.6 Å². The topological polar surface area (TPSA) is 92.7 Å². The lowest BCUT2D eigenvalue weighted by Crippen LogP contribution is -2.20. The zero-order valence-electron chi connectivity index (χ0n) is 14.5. The van der Waals surface area contributed by atoms with E-state index in [0.29, 0.717) is 28.3 Å². The van der Waals surface area contributed by atoms with Gasteiger partial charge in [0.1, 0.15) is 5.82 Å². The molecule has 2 N–H and O–H groups in total. The number of aromatic amines is 1.